The van der Waals surface area contributed by atoms with Crippen molar-refractivity contribution in [2.75, 3.05) is 12.5 Å². The first-order valence-corrected chi connectivity index (χ1v) is 12.1. The fraction of sp³-hybridized carbons (Fsp3) is 0.111. The largest absolute Gasteiger partial charge is 0.497 e. The van der Waals surface area contributed by atoms with Crippen LogP contribution in [0.5, 0.6) is 11.5 Å². The quantitative estimate of drug-likeness (QED) is 0.207. The highest BCUT2D eigenvalue weighted by atomic mass is 32.1. The van der Waals surface area contributed by atoms with E-state index in [1.165, 1.54) is 16.9 Å². The van der Waals surface area contributed by atoms with E-state index in [1.54, 1.807) is 18.0 Å². The normalized spacial score (nSPS) is 11.1. The fourth-order valence-electron chi connectivity index (χ4n) is 3.38. The zero-order valence-electron chi connectivity index (χ0n) is 19.8. The van der Waals surface area contributed by atoms with E-state index in [2.05, 4.69) is 57.0 Å². The summed E-state index contributed by atoms with van der Waals surface area (Å²) in [5.74, 6) is 1.53. The predicted molar refractivity (Wildman–Crippen MR) is 142 cm³/mol. The van der Waals surface area contributed by atoms with Crippen LogP contribution in [-0.2, 0) is 6.61 Å². The van der Waals surface area contributed by atoms with Crippen LogP contribution in [0.4, 0.5) is 5.13 Å². The number of nitrogens with one attached hydrogen (secondary N) is 1. The minimum atomic E-state index is 0.318. The summed E-state index contributed by atoms with van der Waals surface area (Å²) < 4.78 is 12.7. The molecule has 0 saturated heterocycles. The summed E-state index contributed by atoms with van der Waals surface area (Å²) in [6.07, 6.45) is 3.59. The molecule has 0 aliphatic heterocycles. The molecule has 0 amide bonds. The molecule has 0 unspecified atom stereocenters. The van der Waals surface area contributed by atoms with Crippen molar-refractivity contribution < 1.29 is 9.47 Å². The van der Waals surface area contributed by atoms with Gasteiger partial charge in [0, 0.05) is 10.9 Å². The van der Waals surface area contributed by atoms with Gasteiger partial charge >= 0.3 is 0 Å². The van der Waals surface area contributed by atoms with E-state index in [0.29, 0.717) is 6.61 Å². The molecule has 0 aliphatic rings. The monoisotopic (exact) mass is 496 g/mol. The van der Waals surface area contributed by atoms with Crippen molar-refractivity contribution in [1.82, 2.24) is 20.0 Å². The Morgan fingerprint density at radius 3 is 2.47 bits per heavy atom. The van der Waals surface area contributed by atoms with Gasteiger partial charge in [0.1, 0.15) is 23.8 Å². The summed E-state index contributed by atoms with van der Waals surface area (Å²) >= 11 is 1.52. The van der Waals surface area contributed by atoms with Crippen LogP contribution >= 0.6 is 11.3 Å². The second-order valence-corrected chi connectivity index (χ2v) is 8.84. The molecule has 0 aliphatic carbocycles. The molecule has 0 spiro atoms. The van der Waals surface area contributed by atoms with Gasteiger partial charge in [-0.05, 0) is 61.0 Å². The molecule has 2 heterocycles. The Morgan fingerprint density at radius 1 is 0.972 bits per heavy atom. The van der Waals surface area contributed by atoms with Gasteiger partial charge in [-0.25, -0.2) is 9.67 Å². The van der Waals surface area contributed by atoms with Gasteiger partial charge in [-0.1, -0.05) is 35.0 Å². The number of hydrazone groups is 1. The van der Waals surface area contributed by atoms with Crippen LogP contribution in [0.25, 0.3) is 16.9 Å². The summed E-state index contributed by atoms with van der Waals surface area (Å²) in [4.78, 5) is 4.59. The Balaban J connectivity index is 1.12. The number of hydrogen-bond acceptors (Lipinski definition) is 8. The average molecular weight is 497 g/mol. The number of methoxy groups -OCH3 is 1. The molecule has 0 saturated carbocycles. The van der Waals surface area contributed by atoms with Crippen molar-refractivity contribution in [3.05, 3.63) is 101 Å². The molecular weight excluding hydrogens is 472 g/mol. The maximum atomic E-state index is 5.85. The number of hydrogen-bond donors (Lipinski definition) is 1. The SMILES string of the molecule is COc1ccc(-n2cc(COc3ccc(/C=N/Nc4nc(-c5ccc(C)cc5)cs4)cc3)nn2)cc1. The van der Waals surface area contributed by atoms with E-state index in [9.17, 15) is 0 Å². The number of benzene rings is 3. The number of aryl methyl sites for hydroxylation is 1. The zero-order chi connectivity index (χ0) is 24.7. The van der Waals surface area contributed by atoms with E-state index in [0.717, 1.165) is 44.8 Å². The third kappa shape index (κ3) is 5.76. The lowest BCUT2D eigenvalue weighted by molar-refractivity contribution is 0.301. The molecule has 5 aromatic rings. The topological polar surface area (TPSA) is 86.5 Å². The number of rotatable bonds is 9. The fourth-order valence-corrected chi connectivity index (χ4v) is 4.05. The molecule has 36 heavy (non-hydrogen) atoms. The van der Waals surface area contributed by atoms with Gasteiger partial charge in [-0.3, -0.25) is 5.43 Å². The van der Waals surface area contributed by atoms with Gasteiger partial charge in [0.05, 0.1) is 30.9 Å². The summed E-state index contributed by atoms with van der Waals surface area (Å²) in [6.45, 7) is 2.39. The molecule has 180 valence electrons. The molecule has 1 N–H and O–H groups in total. The Kier molecular flexibility index (Phi) is 7.00. The smallest absolute Gasteiger partial charge is 0.203 e. The van der Waals surface area contributed by atoms with Gasteiger partial charge in [0.2, 0.25) is 5.13 Å². The highest BCUT2D eigenvalue weighted by molar-refractivity contribution is 7.14. The summed E-state index contributed by atoms with van der Waals surface area (Å²) in [7, 11) is 1.64. The van der Waals surface area contributed by atoms with E-state index in [-0.39, 0.29) is 0 Å². The second-order valence-electron chi connectivity index (χ2n) is 7.98. The maximum absolute atomic E-state index is 5.85. The van der Waals surface area contributed by atoms with Crippen LogP contribution in [-0.4, -0.2) is 33.3 Å². The van der Waals surface area contributed by atoms with Crippen LogP contribution in [0.1, 0.15) is 16.8 Å². The van der Waals surface area contributed by atoms with E-state index >= 15 is 0 Å². The number of anilines is 1. The maximum Gasteiger partial charge on any atom is 0.203 e. The van der Waals surface area contributed by atoms with E-state index in [1.807, 2.05) is 60.1 Å². The van der Waals surface area contributed by atoms with Crippen molar-refractivity contribution in [1.29, 1.82) is 0 Å². The van der Waals surface area contributed by atoms with Crippen LogP contribution in [0.2, 0.25) is 0 Å². The van der Waals surface area contributed by atoms with Gasteiger partial charge < -0.3 is 9.47 Å². The van der Waals surface area contributed by atoms with Crippen molar-refractivity contribution >= 4 is 22.7 Å². The molecule has 5 rings (SSSR count). The standard InChI is InChI=1S/C27H24N6O2S/c1-19-3-7-21(8-4-19)26-18-36-27(29-26)31-28-15-20-5-11-25(12-6-20)35-17-22-16-33(32-30-22)23-9-13-24(34-2)14-10-23/h3-16,18H,17H2,1-2H3,(H,29,31)/b28-15+. The summed E-state index contributed by atoms with van der Waals surface area (Å²) in [5.41, 5.74) is 8.82. The van der Waals surface area contributed by atoms with Crippen molar-refractivity contribution in [2.45, 2.75) is 13.5 Å². The highest BCUT2D eigenvalue weighted by Gasteiger charge is 2.05. The first kappa shape index (κ1) is 23.3. The van der Waals surface area contributed by atoms with Gasteiger partial charge in [-0.15, -0.1) is 16.4 Å². The first-order chi connectivity index (χ1) is 17.7. The lowest BCUT2D eigenvalue weighted by atomic mass is 10.1. The number of aromatic nitrogens is 4. The Hall–Kier alpha value is -4.50. The summed E-state index contributed by atoms with van der Waals surface area (Å²) in [6, 6.07) is 23.6. The van der Waals surface area contributed by atoms with Crippen LogP contribution < -0.4 is 14.9 Å². The lowest BCUT2D eigenvalue weighted by Crippen LogP contribution is -1.96. The molecule has 0 radical (unpaired) electrons. The molecule has 2 aromatic heterocycles. The Bertz CT molecular complexity index is 1440. The summed E-state index contributed by atoms with van der Waals surface area (Å²) in [5, 5.41) is 15.4. The minimum Gasteiger partial charge on any atom is -0.497 e. The van der Waals surface area contributed by atoms with Gasteiger partial charge in [0.15, 0.2) is 0 Å². The van der Waals surface area contributed by atoms with Crippen molar-refractivity contribution in [2.24, 2.45) is 5.10 Å². The van der Waals surface area contributed by atoms with Crippen LogP contribution in [0.15, 0.2) is 89.5 Å². The molecule has 0 atom stereocenters. The van der Waals surface area contributed by atoms with E-state index < -0.39 is 0 Å². The number of thiazole rings is 1. The molecule has 0 fully saturated rings. The number of nitrogens with zero attached hydrogens (tertiary/aromatic N) is 5. The molecular formula is C27H24N6O2S. The Labute approximate surface area is 212 Å². The molecule has 0 bridgehead atoms. The molecule has 8 nitrogen and oxygen atoms in total. The van der Waals surface area contributed by atoms with E-state index in [4.69, 9.17) is 9.47 Å². The third-order valence-electron chi connectivity index (χ3n) is 5.37. The first-order valence-electron chi connectivity index (χ1n) is 11.3. The van der Waals surface area contributed by atoms with Gasteiger partial charge in [-0.2, -0.15) is 5.10 Å². The minimum absolute atomic E-state index is 0.318. The molecule has 3 aromatic carbocycles. The van der Waals surface area contributed by atoms with Crippen molar-refractivity contribution in [3.8, 4) is 28.4 Å². The average Bonchev–Trinajstić information content (AvgIpc) is 3.59. The zero-order valence-corrected chi connectivity index (χ0v) is 20.6. The molecule has 9 heteroatoms. The van der Waals surface area contributed by atoms with Crippen molar-refractivity contribution in [3.63, 3.8) is 0 Å². The second kappa shape index (κ2) is 10.8. The van der Waals surface area contributed by atoms with Crippen LogP contribution in [0, 0.1) is 6.92 Å². The van der Waals surface area contributed by atoms with Gasteiger partial charge in [0.25, 0.3) is 0 Å². The predicted octanol–water partition coefficient (Wildman–Crippen LogP) is 5.73. The third-order valence-corrected chi connectivity index (χ3v) is 6.12. The number of ether oxygens (including phenoxy) is 2. The highest BCUT2D eigenvalue weighted by Crippen LogP contribution is 2.25. The Morgan fingerprint density at radius 2 is 1.72 bits per heavy atom. The lowest BCUT2D eigenvalue weighted by Gasteiger charge is -2.04. The van der Waals surface area contributed by atoms with Crippen LogP contribution in [0.3, 0.4) is 0 Å².